The summed E-state index contributed by atoms with van der Waals surface area (Å²) in [5.74, 6) is 0.638. The molecule has 1 aliphatic heterocycles. The van der Waals surface area contributed by atoms with E-state index in [2.05, 4.69) is 6.92 Å². The molecule has 0 aromatic rings. The summed E-state index contributed by atoms with van der Waals surface area (Å²) >= 11 is 0. The lowest BCUT2D eigenvalue weighted by atomic mass is 9.96. The van der Waals surface area contributed by atoms with Crippen LogP contribution in [-0.2, 0) is 9.53 Å². The van der Waals surface area contributed by atoms with Crippen molar-refractivity contribution in [2.45, 2.75) is 20.3 Å². The molecule has 1 saturated heterocycles. The Morgan fingerprint density at radius 2 is 2.22 bits per heavy atom. The Balaban J connectivity index is 2.44. The molecule has 2 nitrogen and oxygen atoms in total. The second-order valence-electron chi connectivity index (χ2n) is 2.87. The smallest absolute Gasteiger partial charge is 0.308 e. The first-order valence-electron chi connectivity index (χ1n) is 3.37. The van der Waals surface area contributed by atoms with Gasteiger partial charge in [-0.3, -0.25) is 4.79 Å². The van der Waals surface area contributed by atoms with E-state index in [1.807, 2.05) is 6.92 Å². The molecule has 0 bridgehead atoms. The van der Waals surface area contributed by atoms with Gasteiger partial charge in [0.2, 0.25) is 0 Å². The maximum absolute atomic E-state index is 10.7. The molecule has 0 saturated carbocycles. The van der Waals surface area contributed by atoms with E-state index >= 15 is 0 Å². The minimum Gasteiger partial charge on any atom is -0.465 e. The lowest BCUT2D eigenvalue weighted by molar-refractivity contribution is -0.154. The maximum Gasteiger partial charge on any atom is 0.308 e. The fourth-order valence-corrected chi connectivity index (χ4v) is 1.13. The van der Waals surface area contributed by atoms with E-state index in [-0.39, 0.29) is 11.9 Å². The Kier molecular flexibility index (Phi) is 1.74. The van der Waals surface area contributed by atoms with Gasteiger partial charge < -0.3 is 4.74 Å². The number of hydrogen-bond donors (Lipinski definition) is 0. The van der Waals surface area contributed by atoms with Crippen LogP contribution >= 0.6 is 0 Å². The normalized spacial score (nSPS) is 36.0. The third-order valence-corrected chi connectivity index (χ3v) is 1.67. The van der Waals surface area contributed by atoms with Crippen LogP contribution in [0, 0.1) is 11.8 Å². The molecule has 9 heavy (non-hydrogen) atoms. The zero-order chi connectivity index (χ0) is 6.85. The molecule has 0 aromatic heterocycles. The number of esters is 1. The number of ether oxygens (including phenoxy) is 1. The van der Waals surface area contributed by atoms with Gasteiger partial charge in [0.1, 0.15) is 0 Å². The summed E-state index contributed by atoms with van der Waals surface area (Å²) in [4.78, 5) is 10.7. The van der Waals surface area contributed by atoms with Gasteiger partial charge in [0.25, 0.3) is 0 Å². The SMILES string of the molecule is C[C@@H]1COC(=O)[C@@H](C)C1. The van der Waals surface area contributed by atoms with Crippen molar-refractivity contribution in [3.63, 3.8) is 0 Å². The molecule has 0 amide bonds. The highest BCUT2D eigenvalue weighted by Gasteiger charge is 2.23. The van der Waals surface area contributed by atoms with Gasteiger partial charge in [-0.1, -0.05) is 13.8 Å². The highest BCUT2D eigenvalue weighted by Crippen LogP contribution is 2.18. The van der Waals surface area contributed by atoms with Gasteiger partial charge in [-0.15, -0.1) is 0 Å². The van der Waals surface area contributed by atoms with E-state index in [0.717, 1.165) is 6.42 Å². The van der Waals surface area contributed by atoms with E-state index in [0.29, 0.717) is 12.5 Å². The Hall–Kier alpha value is -0.530. The first kappa shape index (κ1) is 6.59. The van der Waals surface area contributed by atoms with E-state index < -0.39 is 0 Å². The third kappa shape index (κ3) is 1.44. The first-order valence-corrected chi connectivity index (χ1v) is 3.37. The molecular formula is C7H12O2. The molecule has 0 spiro atoms. The Morgan fingerprint density at radius 3 is 2.67 bits per heavy atom. The van der Waals surface area contributed by atoms with Gasteiger partial charge in [0.05, 0.1) is 12.5 Å². The molecule has 0 N–H and O–H groups in total. The van der Waals surface area contributed by atoms with Crippen LogP contribution in [0.25, 0.3) is 0 Å². The van der Waals surface area contributed by atoms with Gasteiger partial charge in [0.15, 0.2) is 0 Å². The van der Waals surface area contributed by atoms with Crippen molar-refractivity contribution in [2.24, 2.45) is 11.8 Å². The lowest BCUT2D eigenvalue weighted by Crippen LogP contribution is -2.26. The molecule has 0 radical (unpaired) electrons. The summed E-state index contributed by atoms with van der Waals surface area (Å²) in [6.07, 6.45) is 0.985. The molecule has 2 atom stereocenters. The van der Waals surface area contributed by atoms with E-state index in [1.54, 1.807) is 0 Å². The second-order valence-corrected chi connectivity index (χ2v) is 2.87. The topological polar surface area (TPSA) is 26.3 Å². The van der Waals surface area contributed by atoms with E-state index in [4.69, 9.17) is 4.74 Å². The van der Waals surface area contributed by atoms with Crippen molar-refractivity contribution < 1.29 is 9.53 Å². The fraction of sp³-hybridized carbons (Fsp3) is 0.857. The average Bonchev–Trinajstić information content (AvgIpc) is 1.80. The Bertz CT molecular complexity index is 120. The van der Waals surface area contributed by atoms with Gasteiger partial charge in [-0.2, -0.15) is 0 Å². The number of carbonyl (C=O) groups is 1. The molecule has 0 aromatic carbocycles. The van der Waals surface area contributed by atoms with E-state index in [9.17, 15) is 4.79 Å². The lowest BCUT2D eigenvalue weighted by Gasteiger charge is -2.22. The van der Waals surface area contributed by atoms with E-state index in [1.165, 1.54) is 0 Å². The number of cyclic esters (lactones) is 1. The summed E-state index contributed by atoms with van der Waals surface area (Å²) in [7, 11) is 0. The van der Waals surface area contributed by atoms with Gasteiger partial charge >= 0.3 is 5.97 Å². The minimum absolute atomic E-state index is 0.0342. The monoisotopic (exact) mass is 128 g/mol. The minimum atomic E-state index is -0.0342. The van der Waals surface area contributed by atoms with Crippen LogP contribution in [0.15, 0.2) is 0 Å². The molecule has 52 valence electrons. The summed E-state index contributed by atoms with van der Waals surface area (Å²) in [5, 5.41) is 0. The maximum atomic E-state index is 10.7. The molecule has 1 rings (SSSR count). The average molecular weight is 128 g/mol. The zero-order valence-corrected chi connectivity index (χ0v) is 5.89. The molecule has 0 unspecified atom stereocenters. The summed E-state index contributed by atoms with van der Waals surface area (Å²) in [6.45, 7) is 4.63. The van der Waals surface area contributed by atoms with Crippen molar-refractivity contribution >= 4 is 5.97 Å². The van der Waals surface area contributed by atoms with Crippen LogP contribution in [0.5, 0.6) is 0 Å². The number of hydrogen-bond acceptors (Lipinski definition) is 2. The van der Waals surface area contributed by atoms with Gasteiger partial charge in [-0.05, 0) is 12.3 Å². The van der Waals surface area contributed by atoms with Gasteiger partial charge in [-0.25, -0.2) is 0 Å². The molecule has 1 heterocycles. The molecule has 1 fully saturated rings. The predicted molar refractivity (Wildman–Crippen MR) is 33.9 cm³/mol. The fourth-order valence-electron chi connectivity index (χ4n) is 1.13. The molecule has 0 aliphatic carbocycles. The summed E-state index contributed by atoms with van der Waals surface area (Å²) in [5.41, 5.74) is 0. The standard InChI is InChI=1S/C7H12O2/c1-5-3-6(2)7(8)9-4-5/h5-6H,3-4H2,1-2H3/t5-,6-/m0/s1. The van der Waals surface area contributed by atoms with Crippen LogP contribution in [-0.4, -0.2) is 12.6 Å². The molecule has 1 aliphatic rings. The van der Waals surface area contributed by atoms with Gasteiger partial charge in [0, 0.05) is 0 Å². The largest absolute Gasteiger partial charge is 0.465 e. The zero-order valence-electron chi connectivity index (χ0n) is 5.89. The van der Waals surface area contributed by atoms with Crippen LogP contribution in [0.3, 0.4) is 0 Å². The third-order valence-electron chi connectivity index (χ3n) is 1.67. The number of rotatable bonds is 0. The molecular weight excluding hydrogens is 116 g/mol. The van der Waals surface area contributed by atoms with Crippen molar-refractivity contribution in [1.82, 2.24) is 0 Å². The highest BCUT2D eigenvalue weighted by molar-refractivity contribution is 5.72. The Labute approximate surface area is 55.2 Å². The van der Waals surface area contributed by atoms with Crippen LogP contribution < -0.4 is 0 Å². The second kappa shape index (κ2) is 2.38. The Morgan fingerprint density at radius 1 is 1.56 bits per heavy atom. The van der Waals surface area contributed by atoms with Crippen LogP contribution in [0.2, 0.25) is 0 Å². The highest BCUT2D eigenvalue weighted by atomic mass is 16.5. The van der Waals surface area contributed by atoms with Crippen LogP contribution in [0.1, 0.15) is 20.3 Å². The van der Waals surface area contributed by atoms with Crippen molar-refractivity contribution in [2.75, 3.05) is 6.61 Å². The van der Waals surface area contributed by atoms with Crippen molar-refractivity contribution in [3.05, 3.63) is 0 Å². The summed E-state index contributed by atoms with van der Waals surface area (Å²) < 4.78 is 4.86. The quantitative estimate of drug-likeness (QED) is 0.458. The van der Waals surface area contributed by atoms with Crippen LogP contribution in [0.4, 0.5) is 0 Å². The first-order chi connectivity index (χ1) is 4.20. The molecule has 2 heteroatoms. The number of carbonyl (C=O) groups excluding carboxylic acids is 1. The predicted octanol–water partition coefficient (Wildman–Crippen LogP) is 1.21. The van der Waals surface area contributed by atoms with Crippen molar-refractivity contribution in [1.29, 1.82) is 0 Å². The van der Waals surface area contributed by atoms with Crippen molar-refractivity contribution in [3.8, 4) is 0 Å². The summed E-state index contributed by atoms with van der Waals surface area (Å²) in [6, 6.07) is 0.